The Morgan fingerprint density at radius 2 is 1.64 bits per heavy atom. The third kappa shape index (κ3) is 5.54. The monoisotopic (exact) mass is 464 g/mol. The lowest BCUT2D eigenvalue weighted by Crippen LogP contribution is -2.20. The van der Waals surface area contributed by atoms with E-state index < -0.39 is 30.5 Å². The van der Waals surface area contributed by atoms with Gasteiger partial charge in [-0.2, -0.15) is 36.3 Å². The molecule has 4 aromatic rings. The Kier molecular flexibility index (Phi) is 5.88. The maximum Gasteiger partial charge on any atom is 0.422 e. The first kappa shape index (κ1) is 22.4. The van der Waals surface area contributed by atoms with Crippen LogP contribution in [0.25, 0.3) is 22.2 Å². The van der Waals surface area contributed by atoms with Crippen LogP contribution in [0.4, 0.5) is 26.3 Å². The Hall–Kier alpha value is -3.76. The Morgan fingerprint density at radius 1 is 0.848 bits per heavy atom. The largest absolute Gasteiger partial charge is 0.454 e. The molecule has 0 radical (unpaired) electrons. The van der Waals surface area contributed by atoms with Gasteiger partial charge in [0.05, 0.1) is 5.56 Å². The molecule has 0 aliphatic heterocycles. The van der Waals surface area contributed by atoms with Crippen LogP contribution in [-0.2, 0) is 12.6 Å². The minimum Gasteiger partial charge on any atom is -0.454 e. The van der Waals surface area contributed by atoms with Crippen LogP contribution in [0.3, 0.4) is 0 Å². The zero-order valence-electron chi connectivity index (χ0n) is 16.7. The van der Waals surface area contributed by atoms with E-state index in [0.29, 0.717) is 0 Å². The summed E-state index contributed by atoms with van der Waals surface area (Å²) in [5.74, 6) is -0.191. The van der Waals surface area contributed by atoms with E-state index in [4.69, 9.17) is 0 Å². The van der Waals surface area contributed by atoms with Crippen LogP contribution in [-0.4, -0.2) is 32.7 Å². The number of rotatable bonds is 5. The summed E-state index contributed by atoms with van der Waals surface area (Å²) in [6, 6.07) is 10.7. The van der Waals surface area contributed by atoms with Gasteiger partial charge < -0.3 is 4.74 Å². The molecule has 0 amide bonds. The van der Waals surface area contributed by atoms with Gasteiger partial charge in [0.25, 0.3) is 0 Å². The lowest BCUT2D eigenvalue weighted by atomic mass is 10.0. The Bertz CT molecular complexity index is 1280. The van der Waals surface area contributed by atoms with Crippen molar-refractivity contribution < 1.29 is 31.1 Å². The van der Waals surface area contributed by atoms with Crippen molar-refractivity contribution in [3.63, 3.8) is 0 Å². The van der Waals surface area contributed by atoms with Crippen molar-refractivity contribution >= 4 is 10.8 Å². The summed E-state index contributed by atoms with van der Waals surface area (Å²) in [6.45, 7) is -1.65. The second-order valence-corrected chi connectivity index (χ2v) is 7.03. The summed E-state index contributed by atoms with van der Waals surface area (Å²) in [6.07, 6.45) is -5.94. The van der Waals surface area contributed by atoms with Gasteiger partial charge in [-0.25, -0.2) is 4.98 Å². The average molecular weight is 464 g/mol. The zero-order chi connectivity index (χ0) is 23.6. The van der Waals surface area contributed by atoms with Crippen molar-refractivity contribution in [3.05, 3.63) is 77.9 Å². The Morgan fingerprint density at radius 3 is 2.39 bits per heavy atom. The van der Waals surface area contributed by atoms with Crippen LogP contribution in [0.2, 0.25) is 0 Å². The molecule has 2 heterocycles. The fourth-order valence-corrected chi connectivity index (χ4v) is 3.17. The molecule has 0 N–H and O–H groups in total. The maximum absolute atomic E-state index is 13.1. The average Bonchev–Trinajstić information content (AvgIpc) is 2.77. The highest BCUT2D eigenvalue weighted by atomic mass is 19.4. The number of ether oxygens (including phenoxy) is 1. The van der Waals surface area contributed by atoms with E-state index in [1.54, 1.807) is 30.6 Å². The molecule has 4 rings (SSSR count). The predicted molar refractivity (Wildman–Crippen MR) is 106 cm³/mol. The zero-order valence-corrected chi connectivity index (χ0v) is 16.7. The van der Waals surface area contributed by atoms with Crippen LogP contribution < -0.4 is 4.74 Å². The molecule has 0 unspecified atom stereocenters. The lowest BCUT2D eigenvalue weighted by molar-refractivity contribution is -0.154. The number of hydrogen-bond donors (Lipinski definition) is 0. The molecule has 0 aliphatic rings. The van der Waals surface area contributed by atoms with Gasteiger partial charge in [0.2, 0.25) is 0 Å². The van der Waals surface area contributed by atoms with Crippen LogP contribution in [0.15, 0.2) is 60.9 Å². The molecule has 0 aliphatic carbocycles. The maximum atomic E-state index is 13.1. The van der Waals surface area contributed by atoms with E-state index in [-0.39, 0.29) is 23.6 Å². The SMILES string of the molecule is FC(F)(F)COc1nc(Cc2cccc3cnccc23)nc(-c2cccc(C(F)(F)F)c2)n1. The molecule has 2 aromatic heterocycles. The molecule has 170 valence electrons. The van der Waals surface area contributed by atoms with Crippen molar-refractivity contribution in [2.45, 2.75) is 18.8 Å². The molecule has 0 spiro atoms. The van der Waals surface area contributed by atoms with Crippen molar-refractivity contribution in [1.29, 1.82) is 0 Å². The van der Waals surface area contributed by atoms with Gasteiger partial charge in [0.15, 0.2) is 12.4 Å². The van der Waals surface area contributed by atoms with Gasteiger partial charge in [-0.05, 0) is 29.1 Å². The predicted octanol–water partition coefficient (Wildman–Crippen LogP) is 5.64. The quantitative estimate of drug-likeness (QED) is 0.358. The van der Waals surface area contributed by atoms with Crippen LogP contribution >= 0.6 is 0 Å². The van der Waals surface area contributed by atoms with E-state index in [2.05, 4.69) is 24.7 Å². The number of aromatic nitrogens is 4. The minimum absolute atomic E-state index is 0.0348. The number of pyridine rings is 1. The molecule has 11 heteroatoms. The normalized spacial score (nSPS) is 12.2. The van der Waals surface area contributed by atoms with Crippen molar-refractivity contribution in [2.24, 2.45) is 0 Å². The van der Waals surface area contributed by atoms with E-state index in [1.807, 2.05) is 6.07 Å². The molecule has 0 bridgehead atoms. The van der Waals surface area contributed by atoms with Crippen molar-refractivity contribution in [3.8, 4) is 17.4 Å². The van der Waals surface area contributed by atoms with Crippen molar-refractivity contribution in [2.75, 3.05) is 6.61 Å². The van der Waals surface area contributed by atoms with Gasteiger partial charge in [-0.1, -0.05) is 30.3 Å². The molecule has 0 fully saturated rings. The van der Waals surface area contributed by atoms with E-state index in [0.717, 1.165) is 34.5 Å². The van der Waals surface area contributed by atoms with Crippen LogP contribution in [0.5, 0.6) is 6.01 Å². The molecule has 5 nitrogen and oxygen atoms in total. The number of hydrogen-bond acceptors (Lipinski definition) is 5. The highest BCUT2D eigenvalue weighted by Gasteiger charge is 2.31. The molecular weight excluding hydrogens is 450 g/mol. The fraction of sp³-hybridized carbons (Fsp3) is 0.182. The standard InChI is InChI=1S/C22H14F6N4O/c23-21(24,25)12-33-20-31-18(10-13-3-1-5-15-11-29-8-7-17(13)15)30-19(32-20)14-4-2-6-16(9-14)22(26,27)28/h1-9,11H,10,12H2. The molecule has 0 atom stereocenters. The van der Waals surface area contributed by atoms with Crippen LogP contribution in [0, 0.1) is 0 Å². The summed E-state index contributed by atoms with van der Waals surface area (Å²) < 4.78 is 82.0. The summed E-state index contributed by atoms with van der Waals surface area (Å²) in [5.41, 5.74) is -0.230. The third-order valence-electron chi connectivity index (χ3n) is 4.59. The first-order valence-electron chi connectivity index (χ1n) is 9.52. The highest BCUT2D eigenvalue weighted by molar-refractivity contribution is 5.85. The van der Waals surface area contributed by atoms with E-state index >= 15 is 0 Å². The smallest absolute Gasteiger partial charge is 0.422 e. The van der Waals surface area contributed by atoms with Crippen molar-refractivity contribution in [1.82, 2.24) is 19.9 Å². The molecule has 2 aromatic carbocycles. The molecule has 33 heavy (non-hydrogen) atoms. The van der Waals surface area contributed by atoms with Gasteiger partial charge in [-0.3, -0.25) is 4.98 Å². The van der Waals surface area contributed by atoms with E-state index in [9.17, 15) is 26.3 Å². The first-order chi connectivity index (χ1) is 15.6. The number of fused-ring (bicyclic) bond motifs is 1. The summed E-state index contributed by atoms with van der Waals surface area (Å²) >= 11 is 0. The highest BCUT2D eigenvalue weighted by Crippen LogP contribution is 2.32. The number of halogens is 6. The minimum atomic E-state index is -4.65. The summed E-state index contributed by atoms with van der Waals surface area (Å²) in [5, 5.41) is 1.65. The topological polar surface area (TPSA) is 60.8 Å². The van der Waals surface area contributed by atoms with Gasteiger partial charge >= 0.3 is 18.4 Å². The Labute approximate surface area is 183 Å². The molecule has 0 saturated carbocycles. The third-order valence-corrected chi connectivity index (χ3v) is 4.59. The number of alkyl halides is 6. The van der Waals surface area contributed by atoms with Gasteiger partial charge in [-0.15, -0.1) is 0 Å². The summed E-state index contributed by atoms with van der Waals surface area (Å²) in [4.78, 5) is 16.0. The van der Waals surface area contributed by atoms with E-state index in [1.165, 1.54) is 6.07 Å². The van der Waals surface area contributed by atoms with Gasteiger partial charge in [0.1, 0.15) is 5.82 Å². The second kappa shape index (κ2) is 8.64. The number of nitrogens with zero attached hydrogens (tertiary/aromatic N) is 4. The second-order valence-electron chi connectivity index (χ2n) is 7.03. The molecular formula is C22H14F6N4O. The molecule has 0 saturated heterocycles. The first-order valence-corrected chi connectivity index (χ1v) is 9.52. The Balaban J connectivity index is 1.77. The lowest BCUT2D eigenvalue weighted by Gasteiger charge is -2.12. The number of benzene rings is 2. The summed E-state index contributed by atoms with van der Waals surface area (Å²) in [7, 11) is 0. The van der Waals surface area contributed by atoms with Crippen LogP contribution in [0.1, 0.15) is 17.0 Å². The van der Waals surface area contributed by atoms with Gasteiger partial charge in [0, 0.05) is 29.8 Å². The fourth-order valence-electron chi connectivity index (χ4n) is 3.17.